The van der Waals surface area contributed by atoms with Crippen molar-refractivity contribution < 1.29 is 14.6 Å². The van der Waals surface area contributed by atoms with Crippen molar-refractivity contribution in [3.63, 3.8) is 0 Å². The molecule has 0 aromatic carbocycles. The number of nitrogens with zero attached hydrogens (tertiary/aromatic N) is 2. The summed E-state index contributed by atoms with van der Waals surface area (Å²) in [5.41, 5.74) is 4.30. The Labute approximate surface area is 334 Å². The first-order valence-electron chi connectivity index (χ1n) is 22.0. The number of rotatable bonds is 10. The number of aliphatic carboxylic acids is 1. The SMILES string of the molecule is C=C(C)[C@@H]1CC[C@]2(NCCN3CCCCC3)CC[C@]3(C)[C@H](CC[C@@H]4[C@@]5(C)CC=C(C6=CCC(COc7nsc(=O)[nH]7)(C(=O)O)CC6)C(C)(C)[C@@H]5CC[C@]43C)[C@@H]12. The van der Waals surface area contributed by atoms with Crippen LogP contribution in [0.2, 0.25) is 0 Å². The first-order chi connectivity index (χ1) is 26.1. The lowest BCUT2D eigenvalue weighted by molar-refractivity contribution is -0.221. The average Bonchev–Trinajstić information content (AvgIpc) is 3.75. The van der Waals surface area contributed by atoms with Crippen LogP contribution in [0.5, 0.6) is 6.01 Å². The van der Waals surface area contributed by atoms with Gasteiger partial charge in [0.05, 0.1) is 0 Å². The average molecular weight is 775 g/mol. The molecule has 1 aromatic rings. The predicted octanol–water partition coefficient (Wildman–Crippen LogP) is 9.41. The molecule has 2 heterocycles. The maximum absolute atomic E-state index is 12.6. The van der Waals surface area contributed by atoms with Gasteiger partial charge in [0.15, 0.2) is 0 Å². The molecule has 0 radical (unpaired) electrons. The van der Waals surface area contributed by atoms with Gasteiger partial charge < -0.3 is 20.1 Å². The van der Waals surface area contributed by atoms with Crippen LogP contribution in [-0.4, -0.2) is 63.7 Å². The van der Waals surface area contributed by atoms with E-state index in [1.165, 1.54) is 107 Å². The molecule has 3 N–H and O–H groups in total. The number of carbonyl (C=O) groups is 1. The van der Waals surface area contributed by atoms with Gasteiger partial charge in [-0.2, -0.15) is 0 Å². The summed E-state index contributed by atoms with van der Waals surface area (Å²) in [5, 5.41) is 14.7. The molecule has 1 saturated heterocycles. The van der Waals surface area contributed by atoms with Crippen molar-refractivity contribution in [3.05, 3.63) is 45.1 Å². The van der Waals surface area contributed by atoms with Gasteiger partial charge in [0.1, 0.15) is 12.0 Å². The normalized spacial score (nSPS) is 42.5. The quantitative estimate of drug-likeness (QED) is 0.204. The van der Waals surface area contributed by atoms with Crippen LogP contribution in [0.3, 0.4) is 0 Å². The van der Waals surface area contributed by atoms with Gasteiger partial charge in [0.25, 0.3) is 0 Å². The molecule has 5 fully saturated rings. The molecular weight excluding hydrogens is 705 g/mol. The summed E-state index contributed by atoms with van der Waals surface area (Å²) >= 11 is 0.788. The summed E-state index contributed by atoms with van der Waals surface area (Å²) in [6, 6.07) is 0.110. The van der Waals surface area contributed by atoms with Crippen LogP contribution in [0.25, 0.3) is 0 Å². The minimum Gasteiger partial charge on any atom is -0.481 e. The molecule has 9 heteroatoms. The Kier molecular flexibility index (Phi) is 10.3. The fraction of sp³-hybridized carbons (Fsp3) is 0.804. The molecule has 1 aromatic heterocycles. The molecule has 0 amide bonds. The van der Waals surface area contributed by atoms with E-state index in [-0.39, 0.29) is 33.9 Å². The maximum atomic E-state index is 12.6. The summed E-state index contributed by atoms with van der Waals surface area (Å²) in [6.07, 6.45) is 22.2. The topological polar surface area (TPSA) is 108 Å². The van der Waals surface area contributed by atoms with Crippen LogP contribution in [0.1, 0.15) is 138 Å². The third-order valence-corrected chi connectivity index (χ3v) is 18.8. The number of ether oxygens (including phenoxy) is 1. The fourth-order valence-corrected chi connectivity index (χ4v) is 15.7. The third-order valence-electron chi connectivity index (χ3n) is 18.3. The number of nitrogens with one attached hydrogen (secondary N) is 2. The van der Waals surface area contributed by atoms with E-state index in [1.807, 2.05) is 0 Å². The highest BCUT2D eigenvalue weighted by Gasteiger charge is 2.70. The molecule has 0 spiro atoms. The van der Waals surface area contributed by atoms with E-state index in [2.05, 4.69) is 79.8 Å². The predicted molar refractivity (Wildman–Crippen MR) is 221 cm³/mol. The second-order valence-corrected chi connectivity index (χ2v) is 21.7. The number of aromatic amines is 1. The lowest BCUT2D eigenvalue weighted by atomic mass is 9.33. The number of allylic oxidation sites excluding steroid dienone is 5. The Morgan fingerprint density at radius 3 is 2.44 bits per heavy atom. The number of piperidine rings is 1. The molecule has 10 atom stereocenters. The van der Waals surface area contributed by atoms with Crippen LogP contribution in [0.4, 0.5) is 0 Å². The molecule has 8 nitrogen and oxygen atoms in total. The fourth-order valence-electron chi connectivity index (χ4n) is 15.3. The zero-order valence-electron chi connectivity index (χ0n) is 34.9. The molecule has 304 valence electrons. The van der Waals surface area contributed by atoms with Crippen LogP contribution < -0.4 is 14.9 Å². The van der Waals surface area contributed by atoms with Gasteiger partial charge in [-0.3, -0.25) is 14.6 Å². The minimum atomic E-state index is -1.03. The number of aromatic nitrogens is 2. The van der Waals surface area contributed by atoms with Crippen LogP contribution in [0, 0.1) is 56.7 Å². The van der Waals surface area contributed by atoms with Crippen LogP contribution >= 0.6 is 11.5 Å². The van der Waals surface area contributed by atoms with Crippen molar-refractivity contribution in [2.45, 2.75) is 143 Å². The van der Waals surface area contributed by atoms with Crippen LogP contribution in [0.15, 0.2) is 40.2 Å². The highest BCUT2D eigenvalue weighted by molar-refractivity contribution is 7.02. The molecule has 0 bridgehead atoms. The zero-order valence-corrected chi connectivity index (χ0v) is 35.7. The summed E-state index contributed by atoms with van der Waals surface area (Å²) in [7, 11) is 0. The van der Waals surface area contributed by atoms with Gasteiger partial charge in [-0.1, -0.05) is 65.3 Å². The highest BCUT2D eigenvalue weighted by Crippen LogP contribution is 2.76. The summed E-state index contributed by atoms with van der Waals surface area (Å²) in [4.78, 5) is 29.2. The largest absolute Gasteiger partial charge is 0.481 e. The lowest BCUT2D eigenvalue weighted by Crippen LogP contribution is -2.68. The standard InChI is InChI=1S/C46H70N4O4S/c1-30(2)32-15-22-46(47-25-28-50-26-9-8-10-27-50)24-23-43(6)34(37(32)46)11-12-36-42(5)18-16-33(41(3,4)35(42)17-19-44(36,43)7)31-13-20-45(21-14-31,38(51)52)29-54-39-48-40(53)55-49-39/h13,16,32,34-37,47H,1,8-12,14-15,17-29H2,2-7H3,(H,51,52)(H,48,49,53)/t32-,34+,35-,36+,37+,42-,43+,44+,45?,46-/m0/s1. The van der Waals surface area contributed by atoms with Crippen molar-refractivity contribution in [3.8, 4) is 6.01 Å². The second kappa shape index (κ2) is 14.2. The van der Waals surface area contributed by atoms with Crippen molar-refractivity contribution >= 4 is 17.5 Å². The van der Waals surface area contributed by atoms with Gasteiger partial charge in [0, 0.05) is 30.2 Å². The highest BCUT2D eigenvalue weighted by atomic mass is 32.1. The van der Waals surface area contributed by atoms with E-state index in [9.17, 15) is 14.7 Å². The summed E-state index contributed by atoms with van der Waals surface area (Å²) < 4.78 is 9.72. The Morgan fingerprint density at radius 1 is 0.982 bits per heavy atom. The molecular formula is C46H70N4O4S. The van der Waals surface area contributed by atoms with Gasteiger partial charge >= 0.3 is 16.9 Å². The number of carboxylic acid groups (broad SMARTS) is 1. The Hall–Kier alpha value is -2.23. The number of fused-ring (bicyclic) bond motifs is 7. The summed E-state index contributed by atoms with van der Waals surface area (Å²) in [5.74, 6) is 2.48. The van der Waals surface area contributed by atoms with E-state index in [0.29, 0.717) is 47.3 Å². The van der Waals surface area contributed by atoms with E-state index in [0.717, 1.165) is 36.8 Å². The molecule has 8 rings (SSSR count). The van der Waals surface area contributed by atoms with Gasteiger partial charge in [-0.15, -0.1) is 4.37 Å². The van der Waals surface area contributed by atoms with Crippen molar-refractivity contribution in [1.82, 2.24) is 19.6 Å². The first kappa shape index (κ1) is 39.6. The van der Waals surface area contributed by atoms with Gasteiger partial charge in [-0.05, 0) is 172 Å². The number of hydrogen-bond acceptors (Lipinski definition) is 7. The first-order valence-corrected chi connectivity index (χ1v) is 22.8. The number of H-pyrrole nitrogens is 1. The number of hydrogen-bond donors (Lipinski definition) is 3. The second-order valence-electron chi connectivity index (χ2n) is 20.9. The monoisotopic (exact) mass is 775 g/mol. The van der Waals surface area contributed by atoms with Crippen molar-refractivity contribution in [2.24, 2.45) is 56.7 Å². The van der Waals surface area contributed by atoms with E-state index in [1.54, 1.807) is 0 Å². The smallest absolute Gasteiger partial charge is 0.326 e. The van der Waals surface area contributed by atoms with E-state index >= 15 is 0 Å². The molecule has 6 aliphatic carbocycles. The Balaban J connectivity index is 1.02. The van der Waals surface area contributed by atoms with E-state index < -0.39 is 11.4 Å². The summed E-state index contributed by atoms with van der Waals surface area (Å²) in [6.45, 7) is 25.0. The third kappa shape index (κ3) is 6.29. The van der Waals surface area contributed by atoms with E-state index in [4.69, 9.17) is 4.74 Å². The minimum absolute atomic E-state index is 0.00128. The Morgan fingerprint density at radius 2 is 1.76 bits per heavy atom. The lowest BCUT2D eigenvalue weighted by Gasteiger charge is -2.72. The molecule has 7 aliphatic rings. The van der Waals surface area contributed by atoms with Gasteiger partial charge in [-0.25, -0.2) is 0 Å². The Bertz CT molecular complexity index is 1770. The molecule has 55 heavy (non-hydrogen) atoms. The van der Waals surface area contributed by atoms with Gasteiger partial charge in [0.2, 0.25) is 0 Å². The van der Waals surface area contributed by atoms with Crippen molar-refractivity contribution in [2.75, 3.05) is 32.8 Å². The number of carboxylic acids is 1. The number of likely N-dealkylation sites (tertiary alicyclic amines) is 1. The maximum Gasteiger partial charge on any atom is 0.326 e. The molecule has 1 aliphatic heterocycles. The zero-order chi connectivity index (χ0) is 39.0. The van der Waals surface area contributed by atoms with Crippen LogP contribution in [-0.2, 0) is 4.79 Å². The molecule has 1 unspecified atom stereocenters. The van der Waals surface area contributed by atoms with Crippen molar-refractivity contribution in [1.29, 1.82) is 0 Å². The molecule has 4 saturated carbocycles.